The fourth-order valence-electron chi connectivity index (χ4n) is 2.78. The van der Waals surface area contributed by atoms with Crippen LogP contribution in [-0.2, 0) is 142 Å². The van der Waals surface area contributed by atoms with Gasteiger partial charge in [0.1, 0.15) is 0 Å². The number of carbonyl (C=O) groups is 6. The Hall–Kier alpha value is -2.00. The zero-order valence-corrected chi connectivity index (χ0v) is 60.8. The van der Waals surface area contributed by atoms with Gasteiger partial charge in [0.25, 0.3) is 0 Å². The van der Waals surface area contributed by atoms with Crippen molar-refractivity contribution in [1.82, 2.24) is 19.6 Å². The molecule has 0 bridgehead atoms. The van der Waals surface area contributed by atoms with Gasteiger partial charge < -0.3 is 153 Å². The predicted molar refractivity (Wildman–Crippen MR) is 276 cm³/mol. The number of aliphatic carboxylic acids is 6. The topological polar surface area (TPSA) is 607 Å². The standard InChI is InChI=1S/2C10H20N2O4.6C5H10O2.6Mn.2N3.2O/c2*13-7-3-11(4-8-14)1-2-12(5-9-15)6-10-16;6*1-5(2,3)4(6)7;;;;;;;2*1-3-2;;/h2*3,13H,1-2,4-10H2;6*1-3H3,(H,6,7);;;;;;;;;;/q2*-4;;;;;;;;;4*+3;2*-1;2*-2/p-6. The van der Waals surface area contributed by atoms with E-state index in [0.717, 1.165) is 0 Å². The summed E-state index contributed by atoms with van der Waals surface area (Å²) in [5.41, 5.74) is 22.8. The van der Waals surface area contributed by atoms with Crippen LogP contribution in [-0.4, -0.2) is 184 Å². The molecule has 32 nitrogen and oxygen atoms in total. The Labute approximate surface area is 585 Å². The molecule has 526 valence electrons. The maximum atomic E-state index is 10.5. The van der Waals surface area contributed by atoms with Gasteiger partial charge in [0.2, 0.25) is 0 Å². The smallest absolute Gasteiger partial charge is 2.00 e. The molecular weight excluding hydrogens is 1420 g/mol. The molecule has 0 aliphatic rings. The van der Waals surface area contributed by atoms with Crippen LogP contribution < -0.4 is 61.3 Å². The van der Waals surface area contributed by atoms with Crippen molar-refractivity contribution in [2.24, 2.45) is 32.5 Å². The number of hydrogen-bond donors (Lipinski definition) is 2. The van der Waals surface area contributed by atoms with E-state index >= 15 is 0 Å². The van der Waals surface area contributed by atoms with Gasteiger partial charge in [-0.15, -0.1) is 39.6 Å². The Bertz CT molecular complexity index is 1340. The average Bonchev–Trinajstić information content (AvgIpc) is 3.28. The number of hydrogen-bond acceptors (Lipinski definition) is 24. The molecule has 0 unspecified atom stereocenters. The molecule has 0 atom stereocenters. The van der Waals surface area contributed by atoms with Gasteiger partial charge in [0.15, 0.2) is 0 Å². The summed E-state index contributed by atoms with van der Waals surface area (Å²) in [6.07, 6.45) is 0. The fraction of sp³-hybridized carbons (Fsp3) is 0.840. The van der Waals surface area contributed by atoms with Crippen molar-refractivity contribution < 1.29 is 214 Å². The second-order valence-corrected chi connectivity index (χ2v) is 22.1. The summed E-state index contributed by atoms with van der Waals surface area (Å²) in [4.78, 5) is 69.5. The summed E-state index contributed by atoms with van der Waals surface area (Å²) in [7, 11) is 0. The number of carboxylic acids is 6. The molecule has 0 saturated carbocycles. The molecule has 0 aromatic heterocycles. The van der Waals surface area contributed by atoms with E-state index in [9.17, 15) is 90.0 Å². The largest absolute Gasteiger partial charge is 3.00 e. The number of aliphatic hydroxyl groups excluding tert-OH is 2. The molecular formula is C50H94Mn6N10O22-8. The third-order valence-electron chi connectivity index (χ3n) is 8.15. The van der Waals surface area contributed by atoms with Crippen molar-refractivity contribution in [3.63, 3.8) is 0 Å². The number of carboxylic acid groups (broad SMARTS) is 6. The summed E-state index contributed by atoms with van der Waals surface area (Å²) in [6.45, 7) is 34.6. The first-order chi connectivity index (χ1) is 36.0. The predicted octanol–water partition coefficient (Wildman–Crippen LogP) is -8.18. The molecule has 0 amide bonds. The molecule has 0 aromatic carbocycles. The molecule has 0 rings (SSSR count). The van der Waals surface area contributed by atoms with Crippen LogP contribution in [0.25, 0.3) is 31.9 Å². The van der Waals surface area contributed by atoms with Crippen molar-refractivity contribution in [3.05, 3.63) is 45.0 Å². The van der Waals surface area contributed by atoms with Crippen LogP contribution in [0.4, 0.5) is 0 Å². The normalized spacial score (nSPS) is 9.80. The molecule has 0 spiro atoms. The minimum Gasteiger partial charge on any atom is -2.00 e. The van der Waals surface area contributed by atoms with Gasteiger partial charge >= 0.3 is 68.3 Å². The zero-order chi connectivity index (χ0) is 66.3. The molecule has 2 radical (unpaired) electrons. The van der Waals surface area contributed by atoms with Crippen molar-refractivity contribution in [3.8, 4) is 0 Å². The van der Waals surface area contributed by atoms with Crippen LogP contribution >= 0.6 is 0 Å². The van der Waals surface area contributed by atoms with E-state index in [2.05, 4.69) is 0 Å². The molecule has 0 saturated heterocycles. The first-order valence-corrected chi connectivity index (χ1v) is 24.6. The van der Waals surface area contributed by atoms with Gasteiger partial charge in [0.05, 0.1) is 0 Å². The Morgan fingerprint density at radius 1 is 0.330 bits per heavy atom. The van der Waals surface area contributed by atoms with Crippen LogP contribution in [0.5, 0.6) is 0 Å². The minimum atomic E-state index is -1.01. The molecule has 88 heavy (non-hydrogen) atoms. The summed E-state index contributed by atoms with van der Waals surface area (Å²) < 4.78 is 0. The van der Waals surface area contributed by atoms with Crippen LogP contribution in [0, 0.1) is 45.6 Å². The van der Waals surface area contributed by atoms with Gasteiger partial charge in [0, 0.05) is 116 Å². The van der Waals surface area contributed by atoms with Gasteiger partial charge in [-0.25, -0.2) is 13.1 Å². The quantitative estimate of drug-likeness (QED) is 0.0334. The van der Waals surface area contributed by atoms with Crippen LogP contribution in [0.3, 0.4) is 0 Å². The Morgan fingerprint density at radius 3 is 0.523 bits per heavy atom. The maximum absolute atomic E-state index is 10.5. The Morgan fingerprint density at radius 2 is 0.443 bits per heavy atom. The minimum absolute atomic E-state index is 0. The summed E-state index contributed by atoms with van der Waals surface area (Å²) >= 11 is 0. The van der Waals surface area contributed by atoms with Gasteiger partial charge in [-0.2, -0.15) is 0 Å². The van der Waals surface area contributed by atoms with Crippen molar-refractivity contribution in [2.75, 3.05) is 118 Å². The maximum Gasteiger partial charge on any atom is 3.00 e. The number of nitrogens with zero attached hydrogens (tertiary/aromatic N) is 10. The van der Waals surface area contributed by atoms with Crippen molar-refractivity contribution in [1.29, 1.82) is 0 Å². The SMILES string of the molecule is CC(C)(C)C(=O)[O-].CC(C)(C)C(=O)[O-].CC(C)(C)C(=O)[O-].CC(C)(C)C(=O)[O-].CC(C)(C)C(=O)[O-].CC(C)(C)C(=O)[O-].[Mn+3].[Mn+3].[Mn+3].[Mn+3].[Mn].[Mn].[N-]=[N+]=[N-].[N-]=[N+]=[N-].[O-2].[O-2].[O-]CCN([CH-]CO)CCN(CC[O-])CC[O-].[O-]CCN([CH-]CO)CCN(CC[O-])CC[O-]. The third kappa shape index (κ3) is 125. The third-order valence-corrected chi connectivity index (χ3v) is 8.15. The Kier molecular flexibility index (Phi) is 124. The zero-order valence-electron chi connectivity index (χ0n) is 53.7. The van der Waals surface area contributed by atoms with Gasteiger partial charge in [-0.3, -0.25) is 9.82 Å². The van der Waals surface area contributed by atoms with E-state index in [0.29, 0.717) is 65.4 Å². The summed E-state index contributed by atoms with van der Waals surface area (Å²) in [5.74, 6) is -6.04. The molecule has 0 aromatic rings. The fourth-order valence-corrected chi connectivity index (χ4v) is 2.78. The number of carbonyl (C=O) groups excluding carboxylic acids is 6. The van der Waals surface area contributed by atoms with Crippen molar-refractivity contribution >= 4 is 35.8 Å². The van der Waals surface area contributed by atoms with Gasteiger partial charge in [-0.1, -0.05) is 138 Å². The van der Waals surface area contributed by atoms with E-state index in [1.54, 1.807) is 157 Å². The first kappa shape index (κ1) is 134. The van der Waals surface area contributed by atoms with Gasteiger partial charge in [-0.05, 0) is 52.4 Å². The molecule has 0 aliphatic heterocycles. The number of rotatable bonds is 22. The van der Waals surface area contributed by atoms with Crippen LogP contribution in [0.15, 0.2) is 0 Å². The molecule has 2 N–H and O–H groups in total. The number of aliphatic hydroxyl groups is 2. The Balaban J connectivity index is -0.0000000397. The van der Waals surface area contributed by atoms with E-state index in [4.69, 9.17) is 32.3 Å². The van der Waals surface area contributed by atoms with Crippen LogP contribution in [0.2, 0.25) is 0 Å². The first-order valence-electron chi connectivity index (χ1n) is 24.6. The van der Waals surface area contributed by atoms with E-state index in [1.807, 2.05) is 0 Å². The molecule has 0 fully saturated rings. The van der Waals surface area contributed by atoms with E-state index < -0.39 is 68.3 Å². The summed E-state index contributed by atoms with van der Waals surface area (Å²) in [5, 5.41) is 140. The molecule has 0 aliphatic carbocycles. The summed E-state index contributed by atoms with van der Waals surface area (Å²) in [6, 6.07) is 0. The van der Waals surface area contributed by atoms with E-state index in [1.165, 1.54) is 9.82 Å². The van der Waals surface area contributed by atoms with Crippen molar-refractivity contribution in [2.45, 2.75) is 125 Å². The average molecular weight is 1520 g/mol. The second kappa shape index (κ2) is 81.1. The monoisotopic (exact) mass is 1520 g/mol. The molecule has 38 heteroatoms. The second-order valence-electron chi connectivity index (χ2n) is 22.1. The van der Waals surface area contributed by atoms with E-state index in [-0.39, 0.29) is 166 Å². The van der Waals surface area contributed by atoms with Crippen LogP contribution in [0.1, 0.15) is 125 Å². The molecule has 0 heterocycles.